The van der Waals surface area contributed by atoms with Gasteiger partial charge in [0.05, 0.1) is 39.4 Å². The van der Waals surface area contributed by atoms with E-state index in [2.05, 4.69) is 10.6 Å². The third kappa shape index (κ3) is 5.11. The Morgan fingerprint density at radius 2 is 1.69 bits per heavy atom. The van der Waals surface area contributed by atoms with Gasteiger partial charge >= 0.3 is 0 Å². The minimum absolute atomic E-state index is 0.00606. The molecule has 0 aliphatic heterocycles. The minimum Gasteiger partial charge on any atom is -0.326 e. The van der Waals surface area contributed by atoms with Crippen molar-refractivity contribution >= 4 is 69.6 Å². The Labute approximate surface area is 225 Å². The number of nitrogens with one attached hydrogen (secondary N) is 2. The van der Waals surface area contributed by atoms with E-state index in [1.54, 1.807) is 18.2 Å². The van der Waals surface area contributed by atoms with Gasteiger partial charge in [-0.2, -0.15) is 10.5 Å². The van der Waals surface area contributed by atoms with Crippen LogP contribution < -0.4 is 10.6 Å². The number of nitriles is 2. The van der Waals surface area contributed by atoms with Crippen LogP contribution in [0.25, 0.3) is 0 Å². The Hall–Kier alpha value is -3.33. The molecular formula is C25H13Cl4FN4O2. The number of nitrogens with zero attached hydrogens (tertiary/aromatic N) is 2. The Balaban J connectivity index is 1.53. The van der Waals surface area contributed by atoms with Gasteiger partial charge in [0.2, 0.25) is 5.91 Å². The molecule has 0 saturated heterocycles. The van der Waals surface area contributed by atoms with Crippen molar-refractivity contribution < 1.29 is 14.0 Å². The van der Waals surface area contributed by atoms with Crippen molar-refractivity contribution in [3.8, 4) is 12.1 Å². The number of carbonyl (C=O) groups excluding carboxylic acids is 2. The van der Waals surface area contributed by atoms with Gasteiger partial charge < -0.3 is 10.6 Å². The number of alkyl halides is 2. The first kappa shape index (κ1) is 25.8. The predicted molar refractivity (Wildman–Crippen MR) is 136 cm³/mol. The zero-order valence-corrected chi connectivity index (χ0v) is 21.0. The molecule has 6 nitrogen and oxygen atoms in total. The number of anilines is 2. The molecule has 0 radical (unpaired) electrons. The summed E-state index contributed by atoms with van der Waals surface area (Å²) in [5.41, 5.74) is 1.14. The van der Waals surface area contributed by atoms with E-state index in [4.69, 9.17) is 46.4 Å². The molecule has 180 valence electrons. The van der Waals surface area contributed by atoms with E-state index in [0.29, 0.717) is 16.1 Å². The number of amides is 2. The SMILES string of the molecule is N#Cc1cc(Cl)cc(C2C(C(=O)Nc3ccc(Cl)c(C(=O)Nc4ccc(F)cc4C#N)c3)C2(Cl)Cl)c1. The number of halogens is 5. The van der Waals surface area contributed by atoms with E-state index in [9.17, 15) is 24.5 Å². The summed E-state index contributed by atoms with van der Waals surface area (Å²) in [6, 6.07) is 16.0. The lowest BCUT2D eigenvalue weighted by Crippen LogP contribution is -2.18. The average molecular weight is 562 g/mol. The quantitative estimate of drug-likeness (QED) is 0.340. The molecule has 1 saturated carbocycles. The number of hydrogen-bond acceptors (Lipinski definition) is 4. The van der Waals surface area contributed by atoms with Gasteiger partial charge in [-0.25, -0.2) is 4.39 Å². The molecule has 1 fully saturated rings. The maximum absolute atomic E-state index is 13.4. The molecule has 3 aromatic carbocycles. The lowest BCUT2D eigenvalue weighted by molar-refractivity contribution is -0.117. The molecule has 0 spiro atoms. The van der Waals surface area contributed by atoms with Crippen LogP contribution in [0, 0.1) is 34.4 Å². The zero-order chi connectivity index (χ0) is 26.2. The zero-order valence-electron chi connectivity index (χ0n) is 18.0. The molecule has 4 rings (SSSR count). The van der Waals surface area contributed by atoms with Crippen molar-refractivity contribution in [2.45, 2.75) is 10.3 Å². The molecule has 11 heteroatoms. The van der Waals surface area contributed by atoms with E-state index in [-0.39, 0.29) is 27.5 Å². The lowest BCUT2D eigenvalue weighted by Gasteiger charge is -2.11. The maximum Gasteiger partial charge on any atom is 0.257 e. The lowest BCUT2D eigenvalue weighted by atomic mass is 10.1. The molecule has 2 atom stereocenters. The summed E-state index contributed by atoms with van der Waals surface area (Å²) in [5, 5.41) is 24.0. The number of rotatable bonds is 5. The number of carbonyl (C=O) groups is 2. The van der Waals surface area contributed by atoms with Crippen LogP contribution in [0.2, 0.25) is 10.0 Å². The summed E-state index contributed by atoms with van der Waals surface area (Å²) in [6.45, 7) is 0. The van der Waals surface area contributed by atoms with Crippen LogP contribution in [-0.2, 0) is 4.79 Å². The molecule has 0 heterocycles. The second kappa shape index (κ2) is 9.97. The highest BCUT2D eigenvalue weighted by Gasteiger charge is 2.67. The van der Waals surface area contributed by atoms with Gasteiger partial charge in [-0.1, -0.05) is 23.2 Å². The van der Waals surface area contributed by atoms with Crippen molar-refractivity contribution in [1.82, 2.24) is 0 Å². The van der Waals surface area contributed by atoms with E-state index in [1.165, 1.54) is 30.3 Å². The van der Waals surface area contributed by atoms with Crippen LogP contribution in [0.15, 0.2) is 54.6 Å². The second-order valence-electron chi connectivity index (χ2n) is 7.95. The van der Waals surface area contributed by atoms with E-state index >= 15 is 0 Å². The molecule has 36 heavy (non-hydrogen) atoms. The fraction of sp³-hybridized carbons (Fsp3) is 0.120. The van der Waals surface area contributed by atoms with Gasteiger partial charge in [-0.15, -0.1) is 23.2 Å². The smallest absolute Gasteiger partial charge is 0.257 e. The third-order valence-corrected chi connectivity index (χ3v) is 7.06. The summed E-state index contributed by atoms with van der Waals surface area (Å²) >= 11 is 25.0. The highest BCUT2D eigenvalue weighted by atomic mass is 35.5. The number of hydrogen-bond donors (Lipinski definition) is 2. The van der Waals surface area contributed by atoms with E-state index < -0.39 is 33.8 Å². The van der Waals surface area contributed by atoms with Gasteiger partial charge in [-0.05, 0) is 60.2 Å². The summed E-state index contributed by atoms with van der Waals surface area (Å²) in [7, 11) is 0. The van der Waals surface area contributed by atoms with Crippen LogP contribution in [-0.4, -0.2) is 16.1 Å². The summed E-state index contributed by atoms with van der Waals surface area (Å²) in [4.78, 5) is 25.8. The Bertz CT molecular complexity index is 1500. The van der Waals surface area contributed by atoms with E-state index in [0.717, 1.165) is 12.1 Å². The van der Waals surface area contributed by atoms with Crippen molar-refractivity contribution in [2.75, 3.05) is 10.6 Å². The highest BCUT2D eigenvalue weighted by molar-refractivity contribution is 6.53. The van der Waals surface area contributed by atoms with Gasteiger partial charge in [0.25, 0.3) is 5.91 Å². The molecule has 3 aromatic rings. The second-order valence-corrected chi connectivity index (χ2v) is 10.2. The third-order valence-electron chi connectivity index (χ3n) is 5.57. The van der Waals surface area contributed by atoms with E-state index in [1.807, 2.05) is 6.07 Å². The topological polar surface area (TPSA) is 106 Å². The van der Waals surface area contributed by atoms with Crippen molar-refractivity contribution in [1.29, 1.82) is 10.5 Å². The molecule has 2 unspecified atom stereocenters. The van der Waals surface area contributed by atoms with Gasteiger partial charge in [0.1, 0.15) is 16.2 Å². The molecule has 1 aliphatic carbocycles. The average Bonchev–Trinajstić information content (AvgIpc) is 3.42. The van der Waals surface area contributed by atoms with Crippen molar-refractivity contribution in [2.24, 2.45) is 5.92 Å². The fourth-order valence-electron chi connectivity index (χ4n) is 3.83. The largest absolute Gasteiger partial charge is 0.326 e. The number of benzene rings is 3. The maximum atomic E-state index is 13.4. The molecular weight excluding hydrogens is 549 g/mol. The first-order chi connectivity index (χ1) is 17.0. The van der Waals surface area contributed by atoms with Crippen LogP contribution in [0.3, 0.4) is 0 Å². The summed E-state index contributed by atoms with van der Waals surface area (Å²) < 4.78 is 12.0. The Kier molecular flexibility index (Phi) is 7.13. The highest BCUT2D eigenvalue weighted by Crippen LogP contribution is 2.65. The minimum atomic E-state index is -1.43. The normalized spacial score (nSPS) is 17.4. The molecule has 0 bridgehead atoms. The first-order valence-corrected chi connectivity index (χ1v) is 11.8. The molecule has 2 N–H and O–H groups in total. The van der Waals surface area contributed by atoms with Crippen LogP contribution in [0.4, 0.5) is 15.8 Å². The van der Waals surface area contributed by atoms with Gasteiger partial charge in [0.15, 0.2) is 0 Å². The molecule has 2 amide bonds. The molecule has 0 aromatic heterocycles. The summed E-state index contributed by atoms with van der Waals surface area (Å²) in [6.07, 6.45) is 0. The van der Waals surface area contributed by atoms with Crippen molar-refractivity contribution in [3.05, 3.63) is 92.7 Å². The standard InChI is InChI=1S/C25H13Cl4FN4O2/c26-15-6-12(10-31)5-13(7-15)21-22(25(21,28)29)24(36)33-17-2-3-19(27)18(9-17)23(35)34-20-4-1-16(30)8-14(20)11-32/h1-9,21-22H,(H,33,36)(H,34,35). The van der Waals surface area contributed by atoms with Crippen LogP contribution >= 0.6 is 46.4 Å². The summed E-state index contributed by atoms with van der Waals surface area (Å²) in [5.74, 6) is -3.26. The Morgan fingerprint density at radius 3 is 2.39 bits per heavy atom. The predicted octanol–water partition coefficient (Wildman–Crippen LogP) is 6.65. The fourth-order valence-corrected chi connectivity index (χ4v) is 5.10. The van der Waals surface area contributed by atoms with Crippen molar-refractivity contribution in [3.63, 3.8) is 0 Å². The van der Waals surface area contributed by atoms with Crippen LogP contribution in [0.1, 0.15) is 33.0 Å². The first-order valence-electron chi connectivity index (χ1n) is 10.2. The van der Waals surface area contributed by atoms with Crippen LogP contribution in [0.5, 0.6) is 0 Å². The van der Waals surface area contributed by atoms with Gasteiger partial charge in [-0.3, -0.25) is 9.59 Å². The Morgan fingerprint density at radius 1 is 0.944 bits per heavy atom. The monoisotopic (exact) mass is 560 g/mol. The van der Waals surface area contributed by atoms with Gasteiger partial charge in [0, 0.05) is 16.6 Å². The molecule has 1 aliphatic rings.